The van der Waals surface area contributed by atoms with Crippen molar-refractivity contribution in [2.24, 2.45) is 0 Å². The predicted octanol–water partition coefficient (Wildman–Crippen LogP) is 0.741. The van der Waals surface area contributed by atoms with Gasteiger partial charge in [-0.3, -0.25) is 0 Å². The van der Waals surface area contributed by atoms with Crippen LogP contribution in [0.1, 0.15) is 0 Å². The molecule has 0 unspecified atom stereocenters. The van der Waals surface area contributed by atoms with Crippen molar-refractivity contribution >= 4 is 35.6 Å². The highest BCUT2D eigenvalue weighted by molar-refractivity contribution is 14.1. The first-order valence-electron chi connectivity index (χ1n) is 2.85. The number of halogens is 1. The van der Waals surface area contributed by atoms with Crippen LogP contribution in [0.25, 0.3) is 0 Å². The highest BCUT2D eigenvalue weighted by Crippen LogP contribution is 1.91. The molecule has 10 heavy (non-hydrogen) atoms. The van der Waals surface area contributed by atoms with Gasteiger partial charge in [0.25, 0.3) is 0 Å². The first-order valence-corrected chi connectivity index (χ1v) is 3.73. The Morgan fingerprint density at radius 3 is 2.40 bits per heavy atom. The highest BCUT2D eigenvalue weighted by atomic mass is 127. The molecule has 0 aliphatic rings. The van der Waals surface area contributed by atoms with Gasteiger partial charge in [0, 0.05) is 0 Å². The Labute approximate surface area is 74.0 Å². The summed E-state index contributed by atoms with van der Waals surface area (Å²) in [7, 11) is -0.804. The molecule has 0 heterocycles. The van der Waals surface area contributed by atoms with Gasteiger partial charge in [0.2, 0.25) is 0 Å². The maximum Gasteiger partial charge on any atom is 0.500 e. The quantitative estimate of drug-likeness (QED) is 0.617. The molecular formula is C6H6BIO2. The lowest BCUT2D eigenvalue weighted by Crippen LogP contribution is -2.29. The predicted molar refractivity (Wildman–Crippen MR) is 49.2 cm³/mol. The molecule has 1 N–H and O–H groups in total. The average molecular weight is 248 g/mol. The van der Waals surface area contributed by atoms with Gasteiger partial charge < -0.3 is 8.01 Å². The standard InChI is InChI=1S/C6H6BIO2/c8-10-7(9)6-4-2-1-3-5-6/h1-5,9H. The van der Waals surface area contributed by atoms with E-state index < -0.39 is 7.12 Å². The molecule has 0 radical (unpaired) electrons. The minimum absolute atomic E-state index is 0.775. The van der Waals surface area contributed by atoms with E-state index in [1.807, 2.05) is 30.3 Å². The molecule has 0 aromatic heterocycles. The van der Waals surface area contributed by atoms with E-state index >= 15 is 0 Å². The Bertz CT molecular complexity index is 192. The van der Waals surface area contributed by atoms with Crippen molar-refractivity contribution in [3.8, 4) is 0 Å². The van der Waals surface area contributed by atoms with Crippen molar-refractivity contribution in [1.29, 1.82) is 0 Å². The lowest BCUT2D eigenvalue weighted by atomic mass is 9.81. The lowest BCUT2D eigenvalue weighted by molar-refractivity contribution is 0.492. The zero-order chi connectivity index (χ0) is 7.40. The third-order valence-electron chi connectivity index (χ3n) is 1.17. The smallest absolute Gasteiger partial charge is 0.423 e. The van der Waals surface area contributed by atoms with Crippen LogP contribution >= 0.6 is 23.0 Å². The van der Waals surface area contributed by atoms with E-state index in [-0.39, 0.29) is 0 Å². The van der Waals surface area contributed by atoms with Gasteiger partial charge in [0.05, 0.1) is 23.0 Å². The number of hydrogen-bond acceptors (Lipinski definition) is 2. The van der Waals surface area contributed by atoms with Crippen LogP contribution in [0.15, 0.2) is 30.3 Å². The maximum atomic E-state index is 9.10. The second-order valence-corrected chi connectivity index (χ2v) is 2.36. The summed E-state index contributed by atoms with van der Waals surface area (Å²) < 4.78 is 4.66. The Hall–Kier alpha value is -0.0651. The van der Waals surface area contributed by atoms with Gasteiger partial charge in [0.1, 0.15) is 0 Å². The van der Waals surface area contributed by atoms with E-state index in [4.69, 9.17) is 5.02 Å². The van der Waals surface area contributed by atoms with Crippen LogP contribution in [-0.2, 0) is 2.98 Å². The van der Waals surface area contributed by atoms with Gasteiger partial charge in [-0.1, -0.05) is 30.3 Å². The SMILES string of the molecule is OB(OI)c1ccccc1. The van der Waals surface area contributed by atoms with Gasteiger partial charge in [-0.15, -0.1) is 0 Å². The van der Waals surface area contributed by atoms with Gasteiger partial charge in [-0.2, -0.15) is 0 Å². The third-order valence-corrected chi connectivity index (χ3v) is 1.65. The molecule has 0 amide bonds. The molecule has 0 saturated heterocycles. The van der Waals surface area contributed by atoms with E-state index in [0.29, 0.717) is 0 Å². The summed E-state index contributed by atoms with van der Waals surface area (Å²) in [6, 6.07) is 9.22. The molecule has 1 aromatic rings. The molecule has 0 bridgehead atoms. The van der Waals surface area contributed by atoms with Crippen LogP contribution < -0.4 is 5.46 Å². The molecule has 2 nitrogen and oxygen atoms in total. The monoisotopic (exact) mass is 248 g/mol. The molecule has 1 rings (SSSR count). The van der Waals surface area contributed by atoms with Gasteiger partial charge in [0.15, 0.2) is 0 Å². The second kappa shape index (κ2) is 3.95. The minimum atomic E-state index is -0.804. The zero-order valence-corrected chi connectivity index (χ0v) is 7.36. The second-order valence-electron chi connectivity index (χ2n) is 1.85. The number of benzene rings is 1. The molecule has 0 saturated carbocycles. The molecule has 1 aromatic carbocycles. The van der Waals surface area contributed by atoms with Gasteiger partial charge in [-0.25, -0.2) is 0 Å². The van der Waals surface area contributed by atoms with E-state index in [1.54, 1.807) is 23.0 Å². The van der Waals surface area contributed by atoms with E-state index in [1.165, 1.54) is 0 Å². The maximum absolute atomic E-state index is 9.10. The molecule has 0 spiro atoms. The third kappa shape index (κ3) is 1.97. The fraction of sp³-hybridized carbons (Fsp3) is 0. The molecule has 0 fully saturated rings. The van der Waals surface area contributed by atoms with Crippen LogP contribution in [0.3, 0.4) is 0 Å². The molecule has 0 atom stereocenters. The normalized spacial score (nSPS) is 9.40. The summed E-state index contributed by atoms with van der Waals surface area (Å²) in [4.78, 5) is 0. The van der Waals surface area contributed by atoms with Crippen molar-refractivity contribution in [3.05, 3.63) is 30.3 Å². The minimum Gasteiger partial charge on any atom is -0.423 e. The summed E-state index contributed by atoms with van der Waals surface area (Å²) in [5, 5.41) is 9.10. The summed E-state index contributed by atoms with van der Waals surface area (Å²) in [6.07, 6.45) is 0. The van der Waals surface area contributed by atoms with E-state index in [2.05, 4.69) is 2.98 Å². The average Bonchev–Trinajstić information content (AvgIpc) is 2.05. The van der Waals surface area contributed by atoms with Crippen LogP contribution in [0, 0.1) is 0 Å². The van der Waals surface area contributed by atoms with Crippen molar-refractivity contribution in [3.63, 3.8) is 0 Å². The topological polar surface area (TPSA) is 29.5 Å². The fourth-order valence-corrected chi connectivity index (χ4v) is 0.963. The largest absolute Gasteiger partial charge is 0.500 e. The van der Waals surface area contributed by atoms with Crippen LogP contribution in [0.2, 0.25) is 0 Å². The lowest BCUT2D eigenvalue weighted by Gasteiger charge is -1.99. The molecule has 0 aliphatic heterocycles. The highest BCUT2D eigenvalue weighted by Gasteiger charge is 2.13. The van der Waals surface area contributed by atoms with E-state index in [9.17, 15) is 0 Å². The Kier molecular flexibility index (Phi) is 3.17. The van der Waals surface area contributed by atoms with Crippen LogP contribution in [0.5, 0.6) is 0 Å². The van der Waals surface area contributed by atoms with Crippen LogP contribution in [-0.4, -0.2) is 12.1 Å². The molecule has 0 aliphatic carbocycles. The van der Waals surface area contributed by atoms with Gasteiger partial charge in [-0.05, 0) is 5.46 Å². The summed E-state index contributed by atoms with van der Waals surface area (Å²) in [5.41, 5.74) is 0.775. The molecular weight excluding hydrogens is 242 g/mol. The Balaban J connectivity index is 2.75. The Morgan fingerprint density at radius 1 is 1.30 bits per heavy atom. The molecule has 52 valence electrons. The van der Waals surface area contributed by atoms with E-state index in [0.717, 1.165) is 5.46 Å². The summed E-state index contributed by atoms with van der Waals surface area (Å²) in [5.74, 6) is 0. The van der Waals surface area contributed by atoms with Crippen LogP contribution in [0.4, 0.5) is 0 Å². The zero-order valence-electron chi connectivity index (χ0n) is 5.20. The number of rotatable bonds is 2. The Morgan fingerprint density at radius 2 is 1.90 bits per heavy atom. The fourth-order valence-electron chi connectivity index (χ4n) is 0.669. The van der Waals surface area contributed by atoms with Gasteiger partial charge >= 0.3 is 7.12 Å². The van der Waals surface area contributed by atoms with Crippen molar-refractivity contribution in [1.82, 2.24) is 0 Å². The summed E-state index contributed by atoms with van der Waals surface area (Å²) in [6.45, 7) is 0. The number of hydrogen-bond donors (Lipinski definition) is 1. The van der Waals surface area contributed by atoms with Crippen molar-refractivity contribution in [2.45, 2.75) is 0 Å². The van der Waals surface area contributed by atoms with Crippen molar-refractivity contribution in [2.75, 3.05) is 0 Å². The molecule has 4 heteroatoms. The first-order chi connectivity index (χ1) is 4.84. The first kappa shape index (κ1) is 8.04. The van der Waals surface area contributed by atoms with Crippen molar-refractivity contribution < 1.29 is 8.01 Å². The summed E-state index contributed by atoms with van der Waals surface area (Å²) >= 11 is 1.67.